The van der Waals surface area contributed by atoms with Crippen molar-refractivity contribution >= 4 is 23.0 Å². The van der Waals surface area contributed by atoms with Gasteiger partial charge in [0.05, 0.1) is 28.8 Å². The standard InChI is InChI=1S/C18H11F4N3O/c19-12-3-1-2-4-14(12)24-11-7-10(8-23-9-11)18(26)25-15-6-5-13(20)16(21)17(15)22/h1-9,24H,(H,25,26). The van der Waals surface area contributed by atoms with Crippen LogP contribution in [0.5, 0.6) is 0 Å². The number of aromatic nitrogens is 1. The Morgan fingerprint density at radius 2 is 1.62 bits per heavy atom. The largest absolute Gasteiger partial charge is 0.352 e. The Balaban J connectivity index is 1.81. The lowest BCUT2D eigenvalue weighted by Gasteiger charge is -2.10. The molecule has 0 radical (unpaired) electrons. The molecule has 1 amide bonds. The molecule has 0 aliphatic carbocycles. The molecule has 0 saturated carbocycles. The van der Waals surface area contributed by atoms with Gasteiger partial charge in [-0.25, -0.2) is 17.6 Å². The summed E-state index contributed by atoms with van der Waals surface area (Å²) in [5.74, 6) is -5.84. The summed E-state index contributed by atoms with van der Waals surface area (Å²) in [6.45, 7) is 0. The monoisotopic (exact) mass is 361 g/mol. The van der Waals surface area contributed by atoms with Crippen LogP contribution in [0, 0.1) is 23.3 Å². The molecule has 2 aromatic carbocycles. The van der Waals surface area contributed by atoms with Gasteiger partial charge in [0.15, 0.2) is 17.5 Å². The van der Waals surface area contributed by atoms with Crippen molar-refractivity contribution < 1.29 is 22.4 Å². The molecule has 0 bridgehead atoms. The van der Waals surface area contributed by atoms with Gasteiger partial charge in [0.25, 0.3) is 5.91 Å². The van der Waals surface area contributed by atoms with E-state index in [0.717, 1.165) is 6.07 Å². The predicted octanol–water partition coefficient (Wildman–Crippen LogP) is 4.63. The van der Waals surface area contributed by atoms with Crippen LogP contribution in [0.4, 0.5) is 34.6 Å². The van der Waals surface area contributed by atoms with Crippen LogP contribution in [-0.4, -0.2) is 10.9 Å². The molecular weight excluding hydrogens is 350 g/mol. The SMILES string of the molecule is O=C(Nc1ccc(F)c(F)c1F)c1cncc(Nc2ccccc2F)c1. The molecule has 26 heavy (non-hydrogen) atoms. The number of carbonyl (C=O) groups excluding carboxylic acids is 1. The first-order valence-corrected chi connectivity index (χ1v) is 7.37. The Labute approximate surface area is 145 Å². The average molecular weight is 361 g/mol. The summed E-state index contributed by atoms with van der Waals surface area (Å²) in [5.41, 5.74) is -0.0103. The van der Waals surface area contributed by atoms with E-state index in [-0.39, 0.29) is 11.3 Å². The first kappa shape index (κ1) is 17.4. The van der Waals surface area contributed by atoms with Crippen molar-refractivity contribution in [2.45, 2.75) is 0 Å². The first-order chi connectivity index (χ1) is 12.5. The lowest BCUT2D eigenvalue weighted by molar-refractivity contribution is 0.102. The Morgan fingerprint density at radius 1 is 0.846 bits per heavy atom. The molecule has 2 N–H and O–H groups in total. The zero-order valence-electron chi connectivity index (χ0n) is 13.1. The fourth-order valence-corrected chi connectivity index (χ4v) is 2.17. The third-order valence-corrected chi connectivity index (χ3v) is 3.44. The summed E-state index contributed by atoms with van der Waals surface area (Å²) in [6, 6.07) is 8.87. The van der Waals surface area contributed by atoms with Crippen LogP contribution in [0.1, 0.15) is 10.4 Å². The number of nitrogens with zero attached hydrogens (tertiary/aromatic N) is 1. The van der Waals surface area contributed by atoms with Crippen LogP contribution in [0.15, 0.2) is 54.9 Å². The first-order valence-electron chi connectivity index (χ1n) is 7.37. The highest BCUT2D eigenvalue weighted by Crippen LogP contribution is 2.22. The van der Waals surface area contributed by atoms with Gasteiger partial charge in [0.1, 0.15) is 5.82 Å². The number of amides is 1. The zero-order valence-corrected chi connectivity index (χ0v) is 13.1. The number of hydrogen-bond acceptors (Lipinski definition) is 3. The highest BCUT2D eigenvalue weighted by Gasteiger charge is 2.16. The quantitative estimate of drug-likeness (QED) is 0.526. The molecular formula is C18H11F4N3O. The van der Waals surface area contributed by atoms with Crippen LogP contribution in [0.25, 0.3) is 0 Å². The average Bonchev–Trinajstić information content (AvgIpc) is 2.64. The van der Waals surface area contributed by atoms with Gasteiger partial charge >= 0.3 is 0 Å². The lowest BCUT2D eigenvalue weighted by Crippen LogP contribution is -2.14. The van der Waals surface area contributed by atoms with E-state index < -0.39 is 34.9 Å². The fourth-order valence-electron chi connectivity index (χ4n) is 2.17. The van der Waals surface area contributed by atoms with Gasteiger partial charge in [-0.3, -0.25) is 9.78 Å². The second-order valence-electron chi connectivity index (χ2n) is 5.24. The number of halogens is 4. The zero-order chi connectivity index (χ0) is 18.7. The van der Waals surface area contributed by atoms with Crippen molar-refractivity contribution in [1.29, 1.82) is 0 Å². The highest BCUT2D eigenvalue weighted by molar-refractivity contribution is 6.04. The van der Waals surface area contributed by atoms with Gasteiger partial charge < -0.3 is 10.6 Å². The summed E-state index contributed by atoms with van der Waals surface area (Å²) in [5, 5.41) is 4.89. The number of nitrogens with one attached hydrogen (secondary N) is 2. The van der Waals surface area contributed by atoms with Crippen molar-refractivity contribution in [3.63, 3.8) is 0 Å². The minimum atomic E-state index is -1.68. The summed E-state index contributed by atoms with van der Waals surface area (Å²) >= 11 is 0. The number of rotatable bonds is 4. The van der Waals surface area contributed by atoms with E-state index >= 15 is 0 Å². The number of para-hydroxylation sites is 1. The van der Waals surface area contributed by atoms with E-state index in [4.69, 9.17) is 0 Å². The normalized spacial score (nSPS) is 10.5. The molecule has 0 atom stereocenters. The fraction of sp³-hybridized carbons (Fsp3) is 0. The Bertz CT molecular complexity index is 978. The molecule has 0 saturated heterocycles. The Kier molecular flexibility index (Phi) is 4.83. The summed E-state index contributed by atoms with van der Waals surface area (Å²) in [7, 11) is 0. The molecule has 132 valence electrons. The molecule has 3 rings (SSSR count). The predicted molar refractivity (Wildman–Crippen MR) is 88.2 cm³/mol. The molecule has 0 spiro atoms. The molecule has 1 aromatic heterocycles. The Morgan fingerprint density at radius 3 is 2.38 bits per heavy atom. The van der Waals surface area contributed by atoms with Gasteiger partial charge in [0, 0.05) is 6.20 Å². The maximum atomic E-state index is 13.7. The molecule has 4 nitrogen and oxygen atoms in total. The van der Waals surface area contributed by atoms with Crippen LogP contribution in [0.2, 0.25) is 0 Å². The van der Waals surface area contributed by atoms with Crippen molar-refractivity contribution in [2.75, 3.05) is 10.6 Å². The lowest BCUT2D eigenvalue weighted by atomic mass is 10.2. The van der Waals surface area contributed by atoms with Crippen LogP contribution in [0.3, 0.4) is 0 Å². The second-order valence-corrected chi connectivity index (χ2v) is 5.24. The number of benzene rings is 2. The van der Waals surface area contributed by atoms with Crippen molar-refractivity contribution in [1.82, 2.24) is 4.98 Å². The van der Waals surface area contributed by atoms with Crippen LogP contribution in [-0.2, 0) is 0 Å². The van der Waals surface area contributed by atoms with Crippen molar-refractivity contribution in [3.8, 4) is 0 Å². The number of anilines is 3. The van der Waals surface area contributed by atoms with E-state index in [1.807, 2.05) is 0 Å². The molecule has 3 aromatic rings. The summed E-state index contributed by atoms with van der Waals surface area (Å²) in [6.07, 6.45) is 2.56. The Hall–Kier alpha value is -3.42. The minimum Gasteiger partial charge on any atom is -0.352 e. The van der Waals surface area contributed by atoms with Crippen LogP contribution >= 0.6 is 0 Å². The summed E-state index contributed by atoms with van der Waals surface area (Å²) in [4.78, 5) is 16.1. The van der Waals surface area contributed by atoms with E-state index in [2.05, 4.69) is 15.6 Å². The van der Waals surface area contributed by atoms with Gasteiger partial charge in [0.2, 0.25) is 0 Å². The van der Waals surface area contributed by atoms with Gasteiger partial charge in [-0.2, -0.15) is 0 Å². The molecule has 0 fully saturated rings. The smallest absolute Gasteiger partial charge is 0.257 e. The summed E-state index contributed by atoms with van der Waals surface area (Å²) < 4.78 is 53.5. The van der Waals surface area contributed by atoms with Crippen molar-refractivity contribution in [2.24, 2.45) is 0 Å². The maximum absolute atomic E-state index is 13.7. The molecule has 1 heterocycles. The second kappa shape index (κ2) is 7.22. The third-order valence-electron chi connectivity index (χ3n) is 3.44. The topological polar surface area (TPSA) is 54.0 Å². The number of pyridine rings is 1. The van der Waals surface area contributed by atoms with E-state index in [0.29, 0.717) is 11.8 Å². The minimum absolute atomic E-state index is 0.00970. The molecule has 0 unspecified atom stereocenters. The molecule has 0 aliphatic rings. The van der Waals surface area contributed by atoms with Gasteiger partial charge in [-0.15, -0.1) is 0 Å². The number of hydrogen-bond donors (Lipinski definition) is 2. The highest BCUT2D eigenvalue weighted by atomic mass is 19.2. The van der Waals surface area contributed by atoms with E-state index in [1.165, 1.54) is 36.7 Å². The molecule has 8 heteroatoms. The van der Waals surface area contributed by atoms with Gasteiger partial charge in [-0.1, -0.05) is 12.1 Å². The maximum Gasteiger partial charge on any atom is 0.257 e. The van der Waals surface area contributed by atoms with E-state index in [9.17, 15) is 22.4 Å². The van der Waals surface area contributed by atoms with Crippen LogP contribution < -0.4 is 10.6 Å². The third kappa shape index (κ3) is 3.64. The number of carbonyl (C=O) groups is 1. The van der Waals surface area contributed by atoms with E-state index in [1.54, 1.807) is 6.07 Å². The van der Waals surface area contributed by atoms with Crippen molar-refractivity contribution in [3.05, 3.63) is 83.7 Å². The van der Waals surface area contributed by atoms with Gasteiger partial charge in [-0.05, 0) is 30.3 Å². The molecule has 0 aliphatic heterocycles.